The van der Waals surface area contributed by atoms with Crippen LogP contribution in [-0.4, -0.2) is 27.1 Å². The summed E-state index contributed by atoms with van der Waals surface area (Å²) in [7, 11) is 0. The largest absolute Gasteiger partial charge is 0.478 e. The number of para-hydroxylation sites is 1. The highest BCUT2D eigenvalue weighted by molar-refractivity contribution is 7.98. The van der Waals surface area contributed by atoms with Crippen molar-refractivity contribution in [1.29, 1.82) is 0 Å². The first-order valence-electron chi connectivity index (χ1n) is 5.38. The van der Waals surface area contributed by atoms with Gasteiger partial charge in [-0.2, -0.15) is 18.3 Å². The fourth-order valence-electron chi connectivity index (χ4n) is 1.77. The average Bonchev–Trinajstić information content (AvgIpc) is 2.83. The molecule has 0 saturated heterocycles. The van der Waals surface area contributed by atoms with Gasteiger partial charge in [0.05, 0.1) is 11.9 Å². The van der Waals surface area contributed by atoms with Crippen molar-refractivity contribution in [2.75, 3.05) is 6.26 Å². The summed E-state index contributed by atoms with van der Waals surface area (Å²) in [6.45, 7) is 0. The van der Waals surface area contributed by atoms with Gasteiger partial charge in [-0.15, -0.1) is 11.8 Å². The van der Waals surface area contributed by atoms with Crippen LogP contribution in [0.15, 0.2) is 35.4 Å². The summed E-state index contributed by atoms with van der Waals surface area (Å²) >= 11 is 1.25. The molecule has 0 atom stereocenters. The summed E-state index contributed by atoms with van der Waals surface area (Å²) in [5.74, 6) is -1.66. The quantitative estimate of drug-likeness (QED) is 0.884. The zero-order valence-electron chi connectivity index (χ0n) is 10.2. The van der Waals surface area contributed by atoms with Crippen molar-refractivity contribution in [2.24, 2.45) is 0 Å². The molecule has 2 rings (SSSR count). The molecule has 4 nitrogen and oxygen atoms in total. The molecular weight excluding hydrogens is 293 g/mol. The third-order valence-corrected chi connectivity index (χ3v) is 3.37. The summed E-state index contributed by atoms with van der Waals surface area (Å²) < 4.78 is 39.9. The summed E-state index contributed by atoms with van der Waals surface area (Å²) in [4.78, 5) is 11.5. The van der Waals surface area contributed by atoms with Gasteiger partial charge in [0.25, 0.3) is 0 Å². The summed E-state index contributed by atoms with van der Waals surface area (Å²) in [6, 6.07) is 6.35. The second-order valence-corrected chi connectivity index (χ2v) is 4.64. The van der Waals surface area contributed by atoms with E-state index in [0.29, 0.717) is 15.8 Å². The Morgan fingerprint density at radius 1 is 1.35 bits per heavy atom. The van der Waals surface area contributed by atoms with E-state index >= 15 is 0 Å². The lowest BCUT2D eigenvalue weighted by Gasteiger charge is -2.13. The molecule has 1 N–H and O–H groups in total. The molecule has 0 fully saturated rings. The van der Waals surface area contributed by atoms with E-state index in [2.05, 4.69) is 5.10 Å². The highest BCUT2D eigenvalue weighted by Gasteiger charge is 2.40. The van der Waals surface area contributed by atoms with Gasteiger partial charge in [-0.25, -0.2) is 9.48 Å². The Labute approximate surface area is 116 Å². The lowest BCUT2D eigenvalue weighted by Crippen LogP contribution is -2.17. The molecule has 0 bridgehead atoms. The van der Waals surface area contributed by atoms with E-state index in [0.717, 1.165) is 0 Å². The second kappa shape index (κ2) is 5.20. The molecule has 1 aromatic heterocycles. The fraction of sp³-hybridized carbons (Fsp3) is 0.167. The lowest BCUT2D eigenvalue weighted by atomic mass is 10.2. The minimum Gasteiger partial charge on any atom is -0.478 e. The Morgan fingerprint density at radius 2 is 2.00 bits per heavy atom. The van der Waals surface area contributed by atoms with Gasteiger partial charge in [-0.1, -0.05) is 12.1 Å². The van der Waals surface area contributed by atoms with Gasteiger partial charge in [0, 0.05) is 4.90 Å². The molecule has 1 aromatic carbocycles. The van der Waals surface area contributed by atoms with Crippen LogP contribution in [0.3, 0.4) is 0 Å². The van der Waals surface area contributed by atoms with Gasteiger partial charge in [-0.05, 0) is 18.4 Å². The molecule has 0 aliphatic heterocycles. The van der Waals surface area contributed by atoms with Gasteiger partial charge in [0.1, 0.15) is 5.56 Å². The zero-order valence-corrected chi connectivity index (χ0v) is 11.0. The van der Waals surface area contributed by atoms with Crippen LogP contribution in [-0.2, 0) is 6.18 Å². The van der Waals surface area contributed by atoms with Crippen molar-refractivity contribution >= 4 is 17.7 Å². The maximum Gasteiger partial charge on any atom is 0.434 e. The van der Waals surface area contributed by atoms with E-state index in [1.807, 2.05) is 0 Å². The average molecular weight is 302 g/mol. The smallest absolute Gasteiger partial charge is 0.434 e. The van der Waals surface area contributed by atoms with Gasteiger partial charge in [0.2, 0.25) is 0 Å². The standard InChI is InChI=1S/C12H9F3N2O2S/c1-20-9-5-3-2-4-8(9)17-10(12(13,14)15)7(6-16-17)11(18)19/h2-6H,1H3,(H,18,19). The summed E-state index contributed by atoms with van der Waals surface area (Å²) in [5.41, 5.74) is -1.96. The predicted molar refractivity (Wildman–Crippen MR) is 67.3 cm³/mol. The molecule has 8 heteroatoms. The number of aromatic carboxylic acids is 1. The normalized spacial score (nSPS) is 11.6. The van der Waals surface area contributed by atoms with E-state index in [1.165, 1.54) is 17.8 Å². The Kier molecular flexibility index (Phi) is 3.76. The molecule has 1 heterocycles. The van der Waals surface area contributed by atoms with E-state index in [4.69, 9.17) is 5.11 Å². The molecule has 106 valence electrons. The van der Waals surface area contributed by atoms with Crippen LogP contribution < -0.4 is 0 Å². The first kappa shape index (κ1) is 14.4. The molecule has 2 aromatic rings. The minimum atomic E-state index is -4.81. The van der Waals surface area contributed by atoms with E-state index in [-0.39, 0.29) is 5.69 Å². The van der Waals surface area contributed by atoms with Crippen LogP contribution in [0.1, 0.15) is 16.1 Å². The Balaban J connectivity index is 2.72. The molecular formula is C12H9F3N2O2S. The van der Waals surface area contributed by atoms with Crippen molar-refractivity contribution in [3.63, 3.8) is 0 Å². The Bertz CT molecular complexity index is 652. The Hall–Kier alpha value is -1.96. The topological polar surface area (TPSA) is 55.1 Å². The van der Waals surface area contributed by atoms with Crippen LogP contribution in [0.2, 0.25) is 0 Å². The number of carboxylic acid groups (broad SMARTS) is 1. The van der Waals surface area contributed by atoms with Crippen molar-refractivity contribution in [2.45, 2.75) is 11.1 Å². The number of thioether (sulfide) groups is 1. The van der Waals surface area contributed by atoms with Crippen LogP contribution in [0.4, 0.5) is 13.2 Å². The number of carbonyl (C=O) groups is 1. The number of hydrogen-bond donors (Lipinski definition) is 1. The zero-order chi connectivity index (χ0) is 14.9. The highest BCUT2D eigenvalue weighted by atomic mass is 32.2. The first-order chi connectivity index (χ1) is 9.36. The fourth-order valence-corrected chi connectivity index (χ4v) is 2.34. The van der Waals surface area contributed by atoms with Crippen LogP contribution in [0.5, 0.6) is 0 Å². The van der Waals surface area contributed by atoms with E-state index in [1.54, 1.807) is 24.5 Å². The lowest BCUT2D eigenvalue weighted by molar-refractivity contribution is -0.143. The van der Waals surface area contributed by atoms with Crippen molar-refractivity contribution in [1.82, 2.24) is 9.78 Å². The van der Waals surface area contributed by atoms with Crippen LogP contribution >= 0.6 is 11.8 Å². The number of carboxylic acids is 1. The molecule has 0 spiro atoms. The maximum absolute atomic E-state index is 13.1. The number of halogens is 3. The minimum absolute atomic E-state index is 0.194. The number of alkyl halides is 3. The third kappa shape index (κ3) is 2.51. The van der Waals surface area contributed by atoms with Gasteiger partial charge >= 0.3 is 12.1 Å². The number of nitrogens with zero attached hydrogens (tertiary/aromatic N) is 2. The molecule has 0 radical (unpaired) electrons. The monoisotopic (exact) mass is 302 g/mol. The van der Waals surface area contributed by atoms with Crippen LogP contribution in [0, 0.1) is 0 Å². The van der Waals surface area contributed by atoms with Gasteiger partial charge < -0.3 is 5.11 Å². The Morgan fingerprint density at radius 3 is 2.55 bits per heavy atom. The highest BCUT2D eigenvalue weighted by Crippen LogP contribution is 2.35. The number of aromatic nitrogens is 2. The van der Waals surface area contributed by atoms with Crippen molar-refractivity contribution in [3.05, 3.63) is 41.7 Å². The number of hydrogen-bond acceptors (Lipinski definition) is 3. The number of rotatable bonds is 3. The molecule has 0 saturated carbocycles. The van der Waals surface area contributed by atoms with Crippen LogP contribution in [0.25, 0.3) is 5.69 Å². The maximum atomic E-state index is 13.1. The molecule has 20 heavy (non-hydrogen) atoms. The van der Waals surface area contributed by atoms with Crippen molar-refractivity contribution in [3.8, 4) is 5.69 Å². The SMILES string of the molecule is CSc1ccccc1-n1ncc(C(=O)O)c1C(F)(F)F. The molecule has 0 unspecified atom stereocenters. The molecule has 0 aliphatic rings. The summed E-state index contributed by atoms with van der Waals surface area (Å²) in [5, 5.41) is 12.4. The first-order valence-corrected chi connectivity index (χ1v) is 6.60. The third-order valence-electron chi connectivity index (χ3n) is 2.58. The summed E-state index contributed by atoms with van der Waals surface area (Å²) in [6.07, 6.45) is -2.38. The number of benzene rings is 1. The van der Waals surface area contributed by atoms with E-state index < -0.39 is 23.4 Å². The van der Waals surface area contributed by atoms with Crippen molar-refractivity contribution < 1.29 is 23.1 Å². The van der Waals surface area contributed by atoms with E-state index in [9.17, 15) is 18.0 Å². The predicted octanol–water partition coefficient (Wildman–Crippen LogP) is 3.31. The molecule has 0 amide bonds. The molecule has 0 aliphatic carbocycles. The second-order valence-electron chi connectivity index (χ2n) is 3.79. The van der Waals surface area contributed by atoms with Gasteiger partial charge in [-0.3, -0.25) is 0 Å². The van der Waals surface area contributed by atoms with Gasteiger partial charge in [0.15, 0.2) is 5.69 Å².